The van der Waals surface area contributed by atoms with E-state index < -0.39 is 18.0 Å². The smallest absolute Gasteiger partial charge is 0.339 e. The van der Waals surface area contributed by atoms with E-state index in [0.29, 0.717) is 10.7 Å². The largest absolute Gasteiger partial charge is 0.449 e. The number of aromatic nitrogens is 1. The van der Waals surface area contributed by atoms with Gasteiger partial charge < -0.3 is 10.1 Å². The monoisotopic (exact) mass is 338 g/mol. The highest BCUT2D eigenvalue weighted by Crippen LogP contribution is 2.16. The second-order valence-electron chi connectivity index (χ2n) is 4.41. The number of amides is 1. The molecule has 1 heterocycles. The summed E-state index contributed by atoms with van der Waals surface area (Å²) >= 11 is 11.5. The van der Waals surface area contributed by atoms with Crippen molar-refractivity contribution in [3.63, 3.8) is 0 Å². The fourth-order valence-corrected chi connectivity index (χ4v) is 1.99. The van der Waals surface area contributed by atoms with Crippen LogP contribution in [0, 0.1) is 0 Å². The van der Waals surface area contributed by atoms with Crippen molar-refractivity contribution in [1.82, 2.24) is 4.98 Å². The molecule has 1 aromatic heterocycles. The summed E-state index contributed by atoms with van der Waals surface area (Å²) in [4.78, 5) is 27.7. The van der Waals surface area contributed by atoms with Crippen molar-refractivity contribution in [2.45, 2.75) is 13.0 Å². The van der Waals surface area contributed by atoms with Crippen LogP contribution in [-0.4, -0.2) is 23.0 Å². The van der Waals surface area contributed by atoms with E-state index in [-0.39, 0.29) is 10.7 Å². The predicted molar refractivity (Wildman–Crippen MR) is 84.2 cm³/mol. The Labute approximate surface area is 137 Å². The highest BCUT2D eigenvalue weighted by atomic mass is 35.5. The molecule has 0 saturated heterocycles. The number of pyridine rings is 1. The molecule has 5 nitrogen and oxygen atoms in total. The lowest BCUT2D eigenvalue weighted by Crippen LogP contribution is -2.30. The summed E-state index contributed by atoms with van der Waals surface area (Å²) < 4.78 is 5.09. The summed E-state index contributed by atoms with van der Waals surface area (Å²) in [5.41, 5.74) is 0.745. The summed E-state index contributed by atoms with van der Waals surface area (Å²) in [6.07, 6.45) is 0.411. The molecule has 0 radical (unpaired) electrons. The van der Waals surface area contributed by atoms with Gasteiger partial charge in [-0.3, -0.25) is 4.79 Å². The molecular weight excluding hydrogens is 327 g/mol. The molecule has 0 bridgehead atoms. The van der Waals surface area contributed by atoms with Crippen molar-refractivity contribution < 1.29 is 14.3 Å². The number of carbonyl (C=O) groups excluding carboxylic acids is 2. The van der Waals surface area contributed by atoms with Gasteiger partial charge in [0.05, 0.1) is 5.56 Å². The minimum absolute atomic E-state index is 0.172. The quantitative estimate of drug-likeness (QED) is 0.683. The summed E-state index contributed by atoms with van der Waals surface area (Å²) in [6.45, 7) is 1.47. The van der Waals surface area contributed by atoms with E-state index in [1.54, 1.807) is 24.3 Å². The van der Waals surface area contributed by atoms with Crippen LogP contribution >= 0.6 is 23.2 Å². The fourth-order valence-electron chi connectivity index (χ4n) is 1.62. The molecule has 1 atom stereocenters. The van der Waals surface area contributed by atoms with Crippen molar-refractivity contribution in [2.24, 2.45) is 0 Å². The topological polar surface area (TPSA) is 68.3 Å². The first kappa shape index (κ1) is 16.3. The highest BCUT2D eigenvalue weighted by molar-refractivity contribution is 6.31. The molecule has 7 heteroatoms. The van der Waals surface area contributed by atoms with Gasteiger partial charge >= 0.3 is 5.97 Å². The molecular formula is C15H12Cl2N2O3. The van der Waals surface area contributed by atoms with E-state index in [1.165, 1.54) is 25.3 Å². The number of halogens is 2. The molecule has 2 rings (SSSR count). The van der Waals surface area contributed by atoms with Gasteiger partial charge in [0, 0.05) is 16.9 Å². The van der Waals surface area contributed by atoms with E-state index in [1.807, 2.05) is 0 Å². The van der Waals surface area contributed by atoms with Gasteiger partial charge in [0.15, 0.2) is 6.10 Å². The minimum atomic E-state index is -0.974. The Balaban J connectivity index is 1.98. The summed E-state index contributed by atoms with van der Waals surface area (Å²) in [7, 11) is 0. The zero-order chi connectivity index (χ0) is 16.1. The molecule has 1 unspecified atom stereocenters. The second kappa shape index (κ2) is 7.24. The maximum absolute atomic E-state index is 12.0. The third kappa shape index (κ3) is 4.44. The molecule has 22 heavy (non-hydrogen) atoms. The SMILES string of the molecule is CC(OC(=O)c1ccnc(Cl)c1)C(=O)Nc1cccc(Cl)c1. The lowest BCUT2D eigenvalue weighted by atomic mass is 10.2. The van der Waals surface area contributed by atoms with Crippen LogP contribution < -0.4 is 5.32 Å². The van der Waals surface area contributed by atoms with E-state index in [4.69, 9.17) is 27.9 Å². The van der Waals surface area contributed by atoms with Crippen LogP contribution in [0.15, 0.2) is 42.6 Å². The minimum Gasteiger partial charge on any atom is -0.449 e. The summed E-state index contributed by atoms with van der Waals surface area (Å²) in [5.74, 6) is -1.12. The van der Waals surface area contributed by atoms with Gasteiger partial charge in [0.2, 0.25) is 0 Å². The van der Waals surface area contributed by atoms with Crippen molar-refractivity contribution in [3.8, 4) is 0 Å². The van der Waals surface area contributed by atoms with Crippen molar-refractivity contribution in [3.05, 3.63) is 58.3 Å². The summed E-state index contributed by atoms with van der Waals surface area (Å²) in [6, 6.07) is 9.49. The van der Waals surface area contributed by atoms with Gasteiger partial charge in [-0.15, -0.1) is 0 Å². The Kier molecular flexibility index (Phi) is 5.35. The number of rotatable bonds is 4. The Morgan fingerprint density at radius 1 is 1.23 bits per heavy atom. The van der Waals surface area contributed by atoms with Crippen molar-refractivity contribution in [2.75, 3.05) is 5.32 Å². The molecule has 0 spiro atoms. The van der Waals surface area contributed by atoms with Crippen molar-refractivity contribution >= 4 is 40.8 Å². The molecule has 2 aromatic rings. The zero-order valence-electron chi connectivity index (χ0n) is 11.5. The third-order valence-corrected chi connectivity index (χ3v) is 3.15. The number of benzene rings is 1. The summed E-state index contributed by atoms with van der Waals surface area (Å²) in [5, 5.41) is 3.28. The first-order valence-electron chi connectivity index (χ1n) is 6.34. The highest BCUT2D eigenvalue weighted by Gasteiger charge is 2.19. The first-order chi connectivity index (χ1) is 10.5. The Bertz CT molecular complexity index is 707. The first-order valence-corrected chi connectivity index (χ1v) is 7.10. The van der Waals surface area contributed by atoms with Crippen LogP contribution in [0.25, 0.3) is 0 Å². The maximum Gasteiger partial charge on any atom is 0.339 e. The maximum atomic E-state index is 12.0. The van der Waals surface area contributed by atoms with Crippen LogP contribution in [0.2, 0.25) is 10.2 Å². The number of hydrogen-bond donors (Lipinski definition) is 1. The zero-order valence-corrected chi connectivity index (χ0v) is 13.1. The van der Waals surface area contributed by atoms with Gasteiger partial charge in [-0.25, -0.2) is 9.78 Å². The predicted octanol–water partition coefficient (Wildman–Crippen LogP) is 3.57. The van der Waals surface area contributed by atoms with Gasteiger partial charge in [0.25, 0.3) is 5.91 Å². The molecule has 0 fully saturated rings. The molecule has 114 valence electrons. The molecule has 0 aliphatic heterocycles. The van der Waals surface area contributed by atoms with Crippen LogP contribution in [0.4, 0.5) is 5.69 Å². The van der Waals surface area contributed by atoms with Crippen LogP contribution in [-0.2, 0) is 9.53 Å². The number of anilines is 1. The molecule has 0 saturated carbocycles. The second-order valence-corrected chi connectivity index (χ2v) is 5.24. The third-order valence-electron chi connectivity index (χ3n) is 2.71. The lowest BCUT2D eigenvalue weighted by molar-refractivity contribution is -0.123. The van der Waals surface area contributed by atoms with Crippen LogP contribution in [0.3, 0.4) is 0 Å². The fraction of sp³-hybridized carbons (Fsp3) is 0.133. The number of nitrogens with one attached hydrogen (secondary N) is 1. The van der Waals surface area contributed by atoms with Gasteiger partial charge in [-0.1, -0.05) is 29.3 Å². The van der Waals surface area contributed by atoms with Gasteiger partial charge in [-0.2, -0.15) is 0 Å². The standard InChI is InChI=1S/C15H12Cl2N2O3/c1-9(14(20)19-12-4-2-3-11(16)8-12)22-15(21)10-5-6-18-13(17)7-10/h2-9H,1H3,(H,19,20). The van der Waals surface area contributed by atoms with E-state index >= 15 is 0 Å². The Morgan fingerprint density at radius 2 is 2.00 bits per heavy atom. The molecule has 0 aliphatic carbocycles. The van der Waals surface area contributed by atoms with E-state index in [0.717, 1.165) is 0 Å². The molecule has 1 aromatic carbocycles. The Hall–Kier alpha value is -2.11. The number of hydrogen-bond acceptors (Lipinski definition) is 4. The number of carbonyl (C=O) groups is 2. The van der Waals surface area contributed by atoms with Gasteiger partial charge in [-0.05, 0) is 37.3 Å². The average Bonchev–Trinajstić information content (AvgIpc) is 2.47. The van der Waals surface area contributed by atoms with E-state index in [9.17, 15) is 9.59 Å². The Morgan fingerprint density at radius 3 is 2.68 bits per heavy atom. The molecule has 0 aliphatic rings. The normalized spacial score (nSPS) is 11.6. The average molecular weight is 339 g/mol. The molecule has 1 amide bonds. The van der Waals surface area contributed by atoms with Crippen LogP contribution in [0.5, 0.6) is 0 Å². The number of ether oxygens (including phenoxy) is 1. The molecule has 1 N–H and O–H groups in total. The van der Waals surface area contributed by atoms with Crippen molar-refractivity contribution in [1.29, 1.82) is 0 Å². The van der Waals surface area contributed by atoms with Crippen LogP contribution in [0.1, 0.15) is 17.3 Å². The van der Waals surface area contributed by atoms with Gasteiger partial charge in [0.1, 0.15) is 5.15 Å². The number of nitrogens with zero attached hydrogens (tertiary/aromatic N) is 1. The van der Waals surface area contributed by atoms with E-state index in [2.05, 4.69) is 10.3 Å². The lowest BCUT2D eigenvalue weighted by Gasteiger charge is -2.13. The number of esters is 1.